The number of amides is 1. The molecule has 0 bridgehead atoms. The molecular weight excluding hydrogens is 413 g/mol. The van der Waals surface area contributed by atoms with Crippen LogP contribution in [0, 0.1) is 5.82 Å². The maximum absolute atomic E-state index is 13.1. The van der Waals surface area contributed by atoms with E-state index in [4.69, 9.17) is 4.42 Å². The van der Waals surface area contributed by atoms with E-state index in [0.29, 0.717) is 25.5 Å². The van der Waals surface area contributed by atoms with Crippen LogP contribution >= 0.6 is 0 Å². The van der Waals surface area contributed by atoms with Gasteiger partial charge in [0.2, 0.25) is 5.91 Å². The fourth-order valence-electron chi connectivity index (χ4n) is 3.70. The van der Waals surface area contributed by atoms with Crippen molar-refractivity contribution in [1.29, 1.82) is 0 Å². The maximum atomic E-state index is 13.1. The molecule has 3 heterocycles. The molecule has 168 valence electrons. The normalized spacial score (nSPS) is 13.9. The Bertz CT molecular complexity index is 1070. The smallest absolute Gasteiger partial charge is 0.267 e. The fraction of sp³-hybridized carbons (Fsp3) is 0.348. The largest absolute Gasteiger partial charge is 0.469 e. The number of benzene rings is 1. The van der Waals surface area contributed by atoms with Crippen molar-refractivity contribution in [2.24, 2.45) is 0 Å². The average Bonchev–Trinajstić information content (AvgIpc) is 3.33. The van der Waals surface area contributed by atoms with Crippen LogP contribution in [0.15, 0.2) is 64.0 Å². The van der Waals surface area contributed by atoms with Gasteiger partial charge in [-0.2, -0.15) is 5.10 Å². The minimum absolute atomic E-state index is 0.122. The Morgan fingerprint density at radius 3 is 2.50 bits per heavy atom. The van der Waals surface area contributed by atoms with E-state index in [-0.39, 0.29) is 23.8 Å². The number of aryl methyl sites for hydroxylation is 1. The monoisotopic (exact) mass is 439 g/mol. The van der Waals surface area contributed by atoms with E-state index in [1.54, 1.807) is 24.5 Å². The van der Waals surface area contributed by atoms with Crippen LogP contribution in [-0.2, 0) is 17.8 Å². The Morgan fingerprint density at radius 2 is 1.78 bits per heavy atom. The van der Waals surface area contributed by atoms with E-state index >= 15 is 0 Å². The highest BCUT2D eigenvalue weighted by Gasteiger charge is 2.19. The van der Waals surface area contributed by atoms with E-state index < -0.39 is 0 Å². The summed E-state index contributed by atoms with van der Waals surface area (Å²) in [7, 11) is 0. The number of nitrogens with one attached hydrogen (secondary N) is 1. The predicted molar refractivity (Wildman–Crippen MR) is 119 cm³/mol. The van der Waals surface area contributed by atoms with Crippen molar-refractivity contribution in [3.05, 3.63) is 76.7 Å². The third-order valence-electron chi connectivity index (χ3n) is 5.44. The standard InChI is InChI=1S/C23H26FN5O3/c24-18-5-7-19(8-6-18)27-12-14-28(15-13-27)21-9-10-23(31)29(26-21)17-22(30)25-11-1-3-20-4-2-16-32-20/h2,4-10,16H,1,3,11-15,17H2,(H,25,30). The average molecular weight is 439 g/mol. The Morgan fingerprint density at radius 1 is 1.03 bits per heavy atom. The molecule has 2 aromatic heterocycles. The molecule has 1 aromatic carbocycles. The number of carbonyl (C=O) groups excluding carboxylic acids is 1. The summed E-state index contributed by atoms with van der Waals surface area (Å²) in [6, 6.07) is 13.3. The van der Waals surface area contributed by atoms with Gasteiger partial charge in [-0.25, -0.2) is 9.07 Å². The van der Waals surface area contributed by atoms with E-state index in [9.17, 15) is 14.0 Å². The second-order valence-corrected chi connectivity index (χ2v) is 7.67. The van der Waals surface area contributed by atoms with Gasteiger partial charge >= 0.3 is 0 Å². The van der Waals surface area contributed by atoms with Crippen molar-refractivity contribution in [2.75, 3.05) is 42.5 Å². The first kappa shape index (κ1) is 21.6. The van der Waals surface area contributed by atoms with Crippen LogP contribution in [0.5, 0.6) is 0 Å². The molecule has 1 N–H and O–H groups in total. The van der Waals surface area contributed by atoms with E-state index in [1.165, 1.54) is 22.9 Å². The first-order chi connectivity index (χ1) is 15.6. The van der Waals surface area contributed by atoms with Crippen LogP contribution in [0.4, 0.5) is 15.9 Å². The van der Waals surface area contributed by atoms with E-state index in [0.717, 1.165) is 37.4 Å². The first-order valence-electron chi connectivity index (χ1n) is 10.7. The van der Waals surface area contributed by atoms with Crippen LogP contribution in [0.2, 0.25) is 0 Å². The summed E-state index contributed by atoms with van der Waals surface area (Å²) in [5.41, 5.74) is 0.664. The summed E-state index contributed by atoms with van der Waals surface area (Å²) in [5.74, 6) is 1.04. The predicted octanol–water partition coefficient (Wildman–Crippen LogP) is 2.05. The number of furan rings is 1. The second kappa shape index (κ2) is 10.1. The number of hydrogen-bond acceptors (Lipinski definition) is 6. The number of carbonyl (C=O) groups is 1. The summed E-state index contributed by atoms with van der Waals surface area (Å²) < 4.78 is 19.6. The lowest BCUT2D eigenvalue weighted by molar-refractivity contribution is -0.121. The molecule has 4 rings (SSSR count). The molecule has 0 radical (unpaired) electrons. The van der Waals surface area contributed by atoms with Crippen molar-refractivity contribution in [3.8, 4) is 0 Å². The number of anilines is 2. The molecule has 0 spiro atoms. The third-order valence-corrected chi connectivity index (χ3v) is 5.44. The summed E-state index contributed by atoms with van der Waals surface area (Å²) in [6.45, 7) is 3.30. The minimum atomic E-state index is -0.315. The fourth-order valence-corrected chi connectivity index (χ4v) is 3.70. The number of nitrogens with zero attached hydrogens (tertiary/aromatic N) is 4. The highest BCUT2D eigenvalue weighted by atomic mass is 19.1. The molecular formula is C23H26FN5O3. The highest BCUT2D eigenvalue weighted by molar-refractivity contribution is 5.75. The van der Waals surface area contributed by atoms with Crippen LogP contribution in [0.3, 0.4) is 0 Å². The summed E-state index contributed by atoms with van der Waals surface area (Å²) in [6.07, 6.45) is 3.12. The summed E-state index contributed by atoms with van der Waals surface area (Å²) in [4.78, 5) is 28.7. The van der Waals surface area contributed by atoms with Crippen molar-refractivity contribution < 1.29 is 13.6 Å². The second-order valence-electron chi connectivity index (χ2n) is 7.67. The van der Waals surface area contributed by atoms with E-state index in [2.05, 4.69) is 20.2 Å². The van der Waals surface area contributed by atoms with Crippen LogP contribution in [0.1, 0.15) is 12.2 Å². The van der Waals surface area contributed by atoms with Gasteiger partial charge in [-0.1, -0.05) is 0 Å². The zero-order valence-corrected chi connectivity index (χ0v) is 17.7. The Hall–Kier alpha value is -3.62. The molecule has 0 unspecified atom stereocenters. The molecule has 1 amide bonds. The third kappa shape index (κ3) is 5.54. The van der Waals surface area contributed by atoms with Gasteiger partial charge in [0.25, 0.3) is 5.56 Å². The molecule has 3 aromatic rings. The molecule has 1 aliphatic heterocycles. The molecule has 0 aliphatic carbocycles. The minimum Gasteiger partial charge on any atom is -0.469 e. The molecule has 9 heteroatoms. The highest BCUT2D eigenvalue weighted by Crippen LogP contribution is 2.19. The van der Waals surface area contributed by atoms with Gasteiger partial charge in [0.1, 0.15) is 23.9 Å². The number of rotatable bonds is 8. The molecule has 1 fully saturated rings. The van der Waals surface area contributed by atoms with Gasteiger partial charge in [-0.15, -0.1) is 0 Å². The van der Waals surface area contributed by atoms with Gasteiger partial charge in [-0.3, -0.25) is 9.59 Å². The van der Waals surface area contributed by atoms with Gasteiger partial charge in [0.15, 0.2) is 0 Å². The molecule has 1 aliphatic rings. The van der Waals surface area contributed by atoms with Gasteiger partial charge < -0.3 is 19.5 Å². The lowest BCUT2D eigenvalue weighted by Crippen LogP contribution is -2.47. The Labute approximate surface area is 185 Å². The van der Waals surface area contributed by atoms with Crippen LogP contribution < -0.4 is 20.7 Å². The van der Waals surface area contributed by atoms with E-state index in [1.807, 2.05) is 12.1 Å². The SMILES string of the molecule is O=C(Cn1nc(N2CCN(c3ccc(F)cc3)CC2)ccc1=O)NCCCc1ccco1. The van der Waals surface area contributed by atoms with Crippen molar-refractivity contribution in [2.45, 2.75) is 19.4 Å². The van der Waals surface area contributed by atoms with Crippen molar-refractivity contribution in [3.63, 3.8) is 0 Å². The van der Waals surface area contributed by atoms with Crippen LogP contribution in [0.25, 0.3) is 0 Å². The lowest BCUT2D eigenvalue weighted by atomic mass is 10.2. The van der Waals surface area contributed by atoms with Crippen molar-refractivity contribution >= 4 is 17.4 Å². The molecule has 0 atom stereocenters. The van der Waals surface area contributed by atoms with Crippen LogP contribution in [-0.4, -0.2) is 48.4 Å². The molecule has 1 saturated heterocycles. The quantitative estimate of drug-likeness (QED) is 0.541. The number of aromatic nitrogens is 2. The van der Waals surface area contributed by atoms with Gasteiger partial charge in [-0.05, 0) is 48.9 Å². The van der Waals surface area contributed by atoms with Gasteiger partial charge in [0.05, 0.1) is 6.26 Å². The number of halogens is 1. The van der Waals surface area contributed by atoms with Gasteiger partial charge in [0, 0.05) is 50.9 Å². The maximum Gasteiger partial charge on any atom is 0.267 e. The Kier molecular flexibility index (Phi) is 6.84. The molecule has 32 heavy (non-hydrogen) atoms. The first-order valence-corrected chi connectivity index (χ1v) is 10.7. The number of piperazine rings is 1. The Balaban J connectivity index is 1.29. The lowest BCUT2D eigenvalue weighted by Gasteiger charge is -2.36. The molecule has 0 saturated carbocycles. The molecule has 8 nitrogen and oxygen atoms in total. The topological polar surface area (TPSA) is 83.6 Å². The summed E-state index contributed by atoms with van der Waals surface area (Å²) >= 11 is 0. The zero-order valence-electron chi connectivity index (χ0n) is 17.7. The van der Waals surface area contributed by atoms with Crippen molar-refractivity contribution in [1.82, 2.24) is 15.1 Å². The summed E-state index contributed by atoms with van der Waals surface area (Å²) in [5, 5.41) is 7.22. The number of hydrogen-bond donors (Lipinski definition) is 1. The zero-order chi connectivity index (χ0) is 22.3.